The van der Waals surface area contributed by atoms with E-state index in [1.807, 2.05) is 0 Å². The Balaban J connectivity index is 1.84. The number of rotatable bonds is 4. The van der Waals surface area contributed by atoms with E-state index in [1.54, 1.807) is 0 Å². The minimum atomic E-state index is 0.259. The third kappa shape index (κ3) is 2.98. The summed E-state index contributed by atoms with van der Waals surface area (Å²) in [6.45, 7) is 1.77. The topological polar surface area (TPSA) is 64.3 Å². The van der Waals surface area contributed by atoms with Crippen LogP contribution in [0.3, 0.4) is 0 Å². The van der Waals surface area contributed by atoms with Gasteiger partial charge in [0.15, 0.2) is 0 Å². The first kappa shape index (κ1) is 12.4. The van der Waals surface area contributed by atoms with Gasteiger partial charge >= 0.3 is 0 Å². The van der Waals surface area contributed by atoms with Crippen LogP contribution >= 0.6 is 11.6 Å². The third-order valence-electron chi connectivity index (χ3n) is 3.15. The number of nitrogen functional groups attached to an aromatic ring is 1. The maximum Gasteiger partial charge on any atom is 0.237 e. The Bertz CT molecular complexity index is 388. The second kappa shape index (κ2) is 5.51. The van der Waals surface area contributed by atoms with Gasteiger partial charge in [-0.3, -0.25) is 0 Å². The monoisotopic (exact) mass is 256 g/mol. The van der Waals surface area contributed by atoms with Gasteiger partial charge in [-0.15, -0.1) is 0 Å². The van der Waals surface area contributed by atoms with E-state index in [4.69, 9.17) is 22.1 Å². The summed E-state index contributed by atoms with van der Waals surface area (Å²) >= 11 is 5.93. The van der Waals surface area contributed by atoms with E-state index in [9.17, 15) is 0 Å². The molecule has 1 aromatic heterocycles. The molecule has 2 rings (SSSR count). The zero-order valence-electron chi connectivity index (χ0n) is 9.90. The lowest BCUT2D eigenvalue weighted by Crippen LogP contribution is -2.26. The molecule has 1 fully saturated rings. The minimum Gasteiger partial charge on any atom is -0.476 e. The quantitative estimate of drug-likeness (QED) is 0.886. The van der Waals surface area contributed by atoms with Crippen molar-refractivity contribution in [2.45, 2.75) is 25.3 Å². The van der Waals surface area contributed by atoms with Crippen molar-refractivity contribution < 1.29 is 4.74 Å². The average Bonchev–Trinajstić information content (AvgIpc) is 2.71. The Morgan fingerprint density at radius 2 is 2.41 bits per heavy atom. The molecule has 1 saturated heterocycles. The molecule has 5 nitrogen and oxygen atoms in total. The Morgan fingerprint density at radius 3 is 3.12 bits per heavy atom. The van der Waals surface area contributed by atoms with Crippen molar-refractivity contribution in [3.63, 3.8) is 0 Å². The number of ether oxygens (including phenoxy) is 1. The maximum absolute atomic E-state index is 5.93. The maximum atomic E-state index is 5.93. The summed E-state index contributed by atoms with van der Waals surface area (Å²) < 4.78 is 5.54. The van der Waals surface area contributed by atoms with Crippen molar-refractivity contribution in [2.75, 3.05) is 25.9 Å². The van der Waals surface area contributed by atoms with Gasteiger partial charge in [0.05, 0.1) is 6.61 Å². The van der Waals surface area contributed by atoms with Crippen molar-refractivity contribution in [3.05, 3.63) is 11.3 Å². The van der Waals surface area contributed by atoms with Crippen LogP contribution in [0.25, 0.3) is 0 Å². The first-order valence-corrected chi connectivity index (χ1v) is 6.15. The van der Waals surface area contributed by atoms with Crippen molar-refractivity contribution in [1.82, 2.24) is 14.9 Å². The molecule has 0 aromatic carbocycles. The highest BCUT2D eigenvalue weighted by atomic mass is 35.5. The van der Waals surface area contributed by atoms with Gasteiger partial charge in [0.25, 0.3) is 0 Å². The van der Waals surface area contributed by atoms with E-state index in [0.29, 0.717) is 23.6 Å². The zero-order chi connectivity index (χ0) is 12.3. The standard InChI is InChI=1S/C11H17ClN4O/c1-16-5-2-3-8(16)4-6-17-11-9(12)10(13)14-7-15-11/h7-8H,2-6H2,1H3,(H2,13,14,15). The van der Waals surface area contributed by atoms with Crippen LogP contribution in [0, 0.1) is 0 Å². The Hall–Kier alpha value is -1.07. The normalized spacial score (nSPS) is 20.7. The predicted octanol–water partition coefficient (Wildman–Crippen LogP) is 1.58. The van der Waals surface area contributed by atoms with E-state index in [1.165, 1.54) is 25.7 Å². The lowest BCUT2D eigenvalue weighted by molar-refractivity contribution is 0.228. The average molecular weight is 257 g/mol. The van der Waals surface area contributed by atoms with E-state index >= 15 is 0 Å². The highest BCUT2D eigenvalue weighted by Crippen LogP contribution is 2.26. The summed E-state index contributed by atoms with van der Waals surface area (Å²) in [6, 6.07) is 0.605. The fraction of sp³-hybridized carbons (Fsp3) is 0.636. The molecule has 0 bridgehead atoms. The molecule has 1 unspecified atom stereocenters. The highest BCUT2D eigenvalue weighted by Gasteiger charge is 2.20. The fourth-order valence-corrected chi connectivity index (χ4v) is 2.25. The summed E-state index contributed by atoms with van der Waals surface area (Å²) in [5.41, 5.74) is 5.57. The number of hydrogen-bond donors (Lipinski definition) is 1. The number of anilines is 1. The van der Waals surface area contributed by atoms with Crippen LogP contribution in [-0.4, -0.2) is 41.1 Å². The van der Waals surface area contributed by atoms with Gasteiger partial charge in [-0.1, -0.05) is 11.6 Å². The summed E-state index contributed by atoms with van der Waals surface area (Å²) in [6.07, 6.45) is 4.84. The molecule has 2 N–H and O–H groups in total. The molecule has 0 amide bonds. The minimum absolute atomic E-state index is 0.259. The van der Waals surface area contributed by atoms with Gasteiger partial charge in [-0.2, -0.15) is 0 Å². The number of halogens is 1. The van der Waals surface area contributed by atoms with E-state index < -0.39 is 0 Å². The van der Waals surface area contributed by atoms with Crippen LogP contribution in [0.1, 0.15) is 19.3 Å². The van der Waals surface area contributed by atoms with Gasteiger partial charge in [-0.05, 0) is 32.9 Å². The largest absolute Gasteiger partial charge is 0.476 e. The second-order valence-electron chi connectivity index (χ2n) is 4.29. The fourth-order valence-electron chi connectivity index (χ4n) is 2.10. The SMILES string of the molecule is CN1CCCC1CCOc1ncnc(N)c1Cl. The van der Waals surface area contributed by atoms with Crippen LogP contribution in [0.5, 0.6) is 5.88 Å². The van der Waals surface area contributed by atoms with Gasteiger partial charge in [0.2, 0.25) is 5.88 Å². The molecular weight excluding hydrogens is 240 g/mol. The predicted molar refractivity (Wildman–Crippen MR) is 67.2 cm³/mol. The molecule has 2 heterocycles. The van der Waals surface area contributed by atoms with Crippen LogP contribution < -0.4 is 10.5 Å². The first-order valence-electron chi connectivity index (χ1n) is 5.77. The molecule has 94 valence electrons. The smallest absolute Gasteiger partial charge is 0.237 e. The first-order chi connectivity index (χ1) is 8.18. The summed E-state index contributed by atoms with van der Waals surface area (Å²) in [7, 11) is 2.15. The molecule has 17 heavy (non-hydrogen) atoms. The third-order valence-corrected chi connectivity index (χ3v) is 3.50. The summed E-state index contributed by atoms with van der Waals surface area (Å²) in [5.74, 6) is 0.634. The Kier molecular flexibility index (Phi) is 4.02. The van der Waals surface area contributed by atoms with Gasteiger partial charge in [-0.25, -0.2) is 9.97 Å². The van der Waals surface area contributed by atoms with Crippen LogP contribution in [0.15, 0.2) is 6.33 Å². The molecular formula is C11H17ClN4O. The van der Waals surface area contributed by atoms with Gasteiger partial charge < -0.3 is 15.4 Å². The zero-order valence-corrected chi connectivity index (χ0v) is 10.7. The summed E-state index contributed by atoms with van der Waals surface area (Å²) in [5, 5.41) is 0.298. The van der Waals surface area contributed by atoms with Crippen molar-refractivity contribution in [1.29, 1.82) is 0 Å². The lowest BCUT2D eigenvalue weighted by Gasteiger charge is -2.19. The molecule has 1 atom stereocenters. The number of nitrogens with two attached hydrogens (primary N) is 1. The Morgan fingerprint density at radius 1 is 1.59 bits per heavy atom. The number of likely N-dealkylation sites (tertiary alicyclic amines) is 1. The van der Waals surface area contributed by atoms with E-state index in [0.717, 1.165) is 6.42 Å². The van der Waals surface area contributed by atoms with Crippen LogP contribution in [-0.2, 0) is 0 Å². The van der Waals surface area contributed by atoms with Gasteiger partial charge in [0.1, 0.15) is 17.2 Å². The molecule has 0 saturated carbocycles. The molecule has 0 aliphatic carbocycles. The molecule has 0 radical (unpaired) electrons. The molecule has 6 heteroatoms. The molecule has 0 spiro atoms. The Labute approximate surface area is 106 Å². The highest BCUT2D eigenvalue weighted by molar-refractivity contribution is 6.33. The molecule has 1 aliphatic rings. The summed E-state index contributed by atoms with van der Waals surface area (Å²) in [4.78, 5) is 10.1. The van der Waals surface area contributed by atoms with Gasteiger partial charge in [0, 0.05) is 6.04 Å². The van der Waals surface area contributed by atoms with Crippen molar-refractivity contribution >= 4 is 17.4 Å². The van der Waals surface area contributed by atoms with Crippen LogP contribution in [0.4, 0.5) is 5.82 Å². The number of aromatic nitrogens is 2. The second-order valence-corrected chi connectivity index (χ2v) is 4.67. The van der Waals surface area contributed by atoms with Crippen LogP contribution in [0.2, 0.25) is 5.02 Å². The van der Waals surface area contributed by atoms with E-state index in [-0.39, 0.29) is 5.82 Å². The number of hydrogen-bond acceptors (Lipinski definition) is 5. The van der Waals surface area contributed by atoms with Crippen molar-refractivity contribution in [3.8, 4) is 5.88 Å². The van der Waals surface area contributed by atoms with E-state index in [2.05, 4.69) is 21.9 Å². The molecule has 1 aliphatic heterocycles. The molecule has 1 aromatic rings. The number of nitrogens with zero attached hydrogens (tertiary/aromatic N) is 3. The lowest BCUT2D eigenvalue weighted by atomic mass is 10.1. The van der Waals surface area contributed by atoms with Crippen molar-refractivity contribution in [2.24, 2.45) is 0 Å².